The molecule has 0 bridgehead atoms. The van der Waals surface area contributed by atoms with Crippen LogP contribution in [0.3, 0.4) is 0 Å². The van der Waals surface area contributed by atoms with Gasteiger partial charge in [0, 0.05) is 11.3 Å². The number of furan rings is 1. The lowest BCUT2D eigenvalue weighted by Crippen LogP contribution is -2.13. The van der Waals surface area contributed by atoms with Gasteiger partial charge >= 0.3 is 0 Å². The molecule has 6 nitrogen and oxygen atoms in total. The van der Waals surface area contributed by atoms with E-state index in [1.165, 1.54) is 6.39 Å². The summed E-state index contributed by atoms with van der Waals surface area (Å²) in [5, 5.41) is 2.84. The fourth-order valence-electron chi connectivity index (χ4n) is 2.93. The van der Waals surface area contributed by atoms with E-state index in [9.17, 15) is 4.79 Å². The maximum Gasteiger partial charge on any atom is 0.278 e. The highest BCUT2D eigenvalue weighted by Gasteiger charge is 2.21. The van der Waals surface area contributed by atoms with Crippen molar-refractivity contribution in [1.82, 2.24) is 4.98 Å². The van der Waals surface area contributed by atoms with Crippen molar-refractivity contribution in [2.75, 3.05) is 12.4 Å². The summed E-state index contributed by atoms with van der Waals surface area (Å²) in [4.78, 5) is 16.8. The summed E-state index contributed by atoms with van der Waals surface area (Å²) in [5.41, 5.74) is 2.43. The Morgan fingerprint density at radius 1 is 1.04 bits per heavy atom. The summed E-state index contributed by atoms with van der Waals surface area (Å²) >= 11 is 0. The summed E-state index contributed by atoms with van der Waals surface area (Å²) < 4.78 is 16.4. The van der Waals surface area contributed by atoms with Crippen LogP contribution in [0, 0.1) is 6.92 Å². The Bertz CT molecular complexity index is 1110. The fourth-order valence-corrected chi connectivity index (χ4v) is 2.93. The number of carbonyl (C=O) groups excluding carboxylic acids is 1. The lowest BCUT2D eigenvalue weighted by Gasteiger charge is -2.08. The van der Waals surface area contributed by atoms with Crippen molar-refractivity contribution >= 4 is 11.6 Å². The molecule has 2 aromatic heterocycles. The van der Waals surface area contributed by atoms with Gasteiger partial charge in [-0.1, -0.05) is 12.1 Å². The molecule has 6 heteroatoms. The van der Waals surface area contributed by atoms with Gasteiger partial charge in [-0.05, 0) is 55.5 Å². The first-order chi connectivity index (χ1) is 13.7. The third-order valence-electron chi connectivity index (χ3n) is 4.30. The molecule has 140 valence electrons. The number of anilines is 1. The first-order valence-corrected chi connectivity index (χ1v) is 8.71. The van der Waals surface area contributed by atoms with Gasteiger partial charge in [0.2, 0.25) is 0 Å². The predicted octanol–water partition coefficient (Wildman–Crippen LogP) is 5.17. The monoisotopic (exact) mass is 374 g/mol. The Balaban J connectivity index is 1.56. The van der Waals surface area contributed by atoms with Crippen LogP contribution < -0.4 is 10.1 Å². The van der Waals surface area contributed by atoms with Crippen LogP contribution in [-0.2, 0) is 0 Å². The van der Waals surface area contributed by atoms with Crippen LogP contribution in [0.15, 0.2) is 75.9 Å². The van der Waals surface area contributed by atoms with E-state index in [1.54, 1.807) is 13.2 Å². The molecule has 0 unspecified atom stereocenters. The Morgan fingerprint density at radius 3 is 2.54 bits per heavy atom. The van der Waals surface area contributed by atoms with E-state index >= 15 is 0 Å². The predicted molar refractivity (Wildman–Crippen MR) is 105 cm³/mol. The largest absolute Gasteiger partial charge is 0.496 e. The van der Waals surface area contributed by atoms with E-state index in [1.807, 2.05) is 61.5 Å². The normalized spacial score (nSPS) is 10.6. The van der Waals surface area contributed by atoms with Crippen LogP contribution in [-0.4, -0.2) is 18.0 Å². The highest BCUT2D eigenvalue weighted by atomic mass is 16.5. The quantitative estimate of drug-likeness (QED) is 0.521. The standard InChI is InChI=1S/C22H18N2O4/c1-14-7-12-18(28-14)15-8-10-16(11-9-15)24-22(25)20-21(27-13-23-20)17-5-3-4-6-19(17)26-2/h3-13H,1-2H3,(H,24,25). The van der Waals surface area contributed by atoms with E-state index in [-0.39, 0.29) is 11.6 Å². The topological polar surface area (TPSA) is 77.5 Å². The van der Waals surface area contributed by atoms with Crippen molar-refractivity contribution in [3.05, 3.63) is 78.5 Å². The number of methoxy groups -OCH3 is 1. The summed E-state index contributed by atoms with van der Waals surface area (Å²) in [7, 11) is 1.57. The summed E-state index contributed by atoms with van der Waals surface area (Å²) in [5.74, 6) is 2.23. The van der Waals surface area contributed by atoms with Gasteiger partial charge in [-0.2, -0.15) is 0 Å². The number of nitrogens with zero attached hydrogens (tertiary/aromatic N) is 1. The number of aromatic nitrogens is 1. The molecule has 0 radical (unpaired) electrons. The summed E-state index contributed by atoms with van der Waals surface area (Å²) in [6.07, 6.45) is 1.25. The second kappa shape index (κ2) is 7.44. The fraction of sp³-hybridized carbons (Fsp3) is 0.0909. The highest BCUT2D eigenvalue weighted by Crippen LogP contribution is 2.32. The molecule has 28 heavy (non-hydrogen) atoms. The van der Waals surface area contributed by atoms with Crippen molar-refractivity contribution in [1.29, 1.82) is 0 Å². The average Bonchev–Trinajstić information content (AvgIpc) is 3.38. The van der Waals surface area contributed by atoms with Crippen molar-refractivity contribution in [3.8, 4) is 28.4 Å². The van der Waals surface area contributed by atoms with E-state index in [0.29, 0.717) is 22.8 Å². The third kappa shape index (κ3) is 3.40. The zero-order chi connectivity index (χ0) is 19.5. The minimum Gasteiger partial charge on any atom is -0.496 e. The van der Waals surface area contributed by atoms with Gasteiger partial charge in [0.15, 0.2) is 17.8 Å². The number of aryl methyl sites for hydroxylation is 1. The molecule has 0 saturated heterocycles. The molecule has 0 aliphatic carbocycles. The van der Waals surface area contributed by atoms with Crippen LogP contribution in [0.4, 0.5) is 5.69 Å². The molecule has 1 amide bonds. The number of oxazole rings is 1. The molecule has 4 aromatic rings. The number of hydrogen-bond donors (Lipinski definition) is 1. The van der Waals surface area contributed by atoms with Gasteiger partial charge < -0.3 is 18.9 Å². The Hall–Kier alpha value is -3.80. The van der Waals surface area contributed by atoms with Crippen molar-refractivity contribution in [2.45, 2.75) is 6.92 Å². The molecule has 2 aromatic carbocycles. The Morgan fingerprint density at radius 2 is 1.82 bits per heavy atom. The van der Waals surface area contributed by atoms with Gasteiger partial charge in [-0.3, -0.25) is 4.79 Å². The maximum absolute atomic E-state index is 12.7. The van der Waals surface area contributed by atoms with Gasteiger partial charge in [0.1, 0.15) is 17.3 Å². The molecular formula is C22H18N2O4. The van der Waals surface area contributed by atoms with Gasteiger partial charge in [-0.25, -0.2) is 4.98 Å². The van der Waals surface area contributed by atoms with E-state index in [0.717, 1.165) is 17.1 Å². The summed E-state index contributed by atoms with van der Waals surface area (Å²) in [6.45, 7) is 1.90. The number of benzene rings is 2. The van der Waals surface area contributed by atoms with Crippen LogP contribution in [0.5, 0.6) is 5.75 Å². The molecular weight excluding hydrogens is 356 g/mol. The zero-order valence-electron chi connectivity index (χ0n) is 15.4. The molecule has 0 aliphatic heterocycles. The summed E-state index contributed by atoms with van der Waals surface area (Å²) in [6, 6.07) is 18.5. The van der Waals surface area contributed by atoms with Crippen molar-refractivity contribution < 1.29 is 18.4 Å². The molecule has 0 saturated carbocycles. The van der Waals surface area contributed by atoms with Crippen LogP contribution >= 0.6 is 0 Å². The second-order valence-corrected chi connectivity index (χ2v) is 6.17. The third-order valence-corrected chi connectivity index (χ3v) is 4.30. The van der Waals surface area contributed by atoms with E-state index < -0.39 is 0 Å². The minimum atomic E-state index is -0.365. The number of nitrogens with one attached hydrogen (secondary N) is 1. The number of para-hydroxylation sites is 1. The number of ether oxygens (including phenoxy) is 1. The average molecular weight is 374 g/mol. The molecule has 0 spiro atoms. The number of amides is 1. The molecule has 0 aliphatic rings. The first kappa shape index (κ1) is 17.6. The maximum atomic E-state index is 12.7. The van der Waals surface area contributed by atoms with Crippen LogP contribution in [0.25, 0.3) is 22.6 Å². The number of rotatable bonds is 5. The van der Waals surface area contributed by atoms with E-state index in [4.69, 9.17) is 13.6 Å². The lowest BCUT2D eigenvalue weighted by atomic mass is 10.1. The molecule has 0 fully saturated rings. The Labute approximate surface area is 161 Å². The zero-order valence-corrected chi connectivity index (χ0v) is 15.4. The van der Waals surface area contributed by atoms with Gasteiger partial charge in [-0.15, -0.1) is 0 Å². The number of hydrogen-bond acceptors (Lipinski definition) is 5. The second-order valence-electron chi connectivity index (χ2n) is 6.17. The SMILES string of the molecule is COc1ccccc1-c1ocnc1C(=O)Nc1ccc(-c2ccc(C)o2)cc1. The molecule has 2 heterocycles. The molecule has 4 rings (SSSR count). The molecule has 1 N–H and O–H groups in total. The highest BCUT2D eigenvalue weighted by molar-refractivity contribution is 6.06. The van der Waals surface area contributed by atoms with Gasteiger partial charge in [0.05, 0.1) is 12.7 Å². The van der Waals surface area contributed by atoms with Crippen molar-refractivity contribution in [2.24, 2.45) is 0 Å². The van der Waals surface area contributed by atoms with Crippen molar-refractivity contribution in [3.63, 3.8) is 0 Å². The Kier molecular flexibility index (Phi) is 4.68. The molecule has 0 atom stereocenters. The van der Waals surface area contributed by atoms with Crippen LogP contribution in [0.2, 0.25) is 0 Å². The van der Waals surface area contributed by atoms with E-state index in [2.05, 4.69) is 10.3 Å². The lowest BCUT2D eigenvalue weighted by molar-refractivity contribution is 0.102. The minimum absolute atomic E-state index is 0.190. The first-order valence-electron chi connectivity index (χ1n) is 8.71. The van der Waals surface area contributed by atoms with Gasteiger partial charge in [0.25, 0.3) is 5.91 Å². The smallest absolute Gasteiger partial charge is 0.278 e. The van der Waals surface area contributed by atoms with Crippen LogP contribution in [0.1, 0.15) is 16.2 Å². The number of carbonyl (C=O) groups is 1.